The summed E-state index contributed by atoms with van der Waals surface area (Å²) in [5.74, 6) is -3.08. The summed E-state index contributed by atoms with van der Waals surface area (Å²) in [4.78, 5) is 31.1. The number of carbonyl (C=O) groups excluding carboxylic acids is 2. The number of aromatic nitrogens is 3. The Balaban J connectivity index is 1.35. The molecule has 2 aliphatic rings. The first-order valence-corrected chi connectivity index (χ1v) is 14.3. The van der Waals surface area contributed by atoms with Gasteiger partial charge in [-0.05, 0) is 38.8 Å². The summed E-state index contributed by atoms with van der Waals surface area (Å²) < 4.78 is 34.9. The molecule has 2 amide bonds. The van der Waals surface area contributed by atoms with E-state index in [0.717, 1.165) is 30.8 Å². The van der Waals surface area contributed by atoms with E-state index < -0.39 is 24.7 Å². The van der Waals surface area contributed by atoms with Crippen LogP contribution in [0.2, 0.25) is 4.34 Å². The Morgan fingerprint density at radius 2 is 1.90 bits per heavy atom. The maximum atomic E-state index is 13.7. The molecule has 13 heteroatoms. The Kier molecular flexibility index (Phi) is 8.06. The van der Waals surface area contributed by atoms with Crippen LogP contribution >= 0.6 is 22.9 Å². The second-order valence-electron chi connectivity index (χ2n) is 10.4. The lowest BCUT2D eigenvalue weighted by Crippen LogP contribution is -2.46. The van der Waals surface area contributed by atoms with E-state index in [0.29, 0.717) is 21.8 Å². The average molecular weight is 581 g/mol. The minimum Gasteiger partial charge on any atom is -0.355 e. The summed E-state index contributed by atoms with van der Waals surface area (Å²) in [6.07, 6.45) is 0.857. The summed E-state index contributed by atoms with van der Waals surface area (Å²) in [7, 11) is 0. The van der Waals surface area contributed by atoms with Crippen molar-refractivity contribution < 1.29 is 22.9 Å². The first-order chi connectivity index (χ1) is 18.6. The minimum absolute atomic E-state index is 0.0110. The third-order valence-corrected chi connectivity index (χ3v) is 8.54. The number of hydrogen-bond donors (Lipinski definition) is 1. The molecule has 0 unspecified atom stereocenters. The predicted molar refractivity (Wildman–Crippen MR) is 143 cm³/mol. The molecule has 0 radical (unpaired) electrons. The van der Waals surface area contributed by atoms with Crippen LogP contribution in [0.15, 0.2) is 28.8 Å². The van der Waals surface area contributed by atoms with E-state index in [9.17, 15) is 18.4 Å². The van der Waals surface area contributed by atoms with Crippen LogP contribution in [0, 0.1) is 0 Å². The van der Waals surface area contributed by atoms with Crippen LogP contribution in [0.3, 0.4) is 0 Å². The van der Waals surface area contributed by atoms with Crippen molar-refractivity contribution in [3.63, 3.8) is 0 Å². The van der Waals surface area contributed by atoms with Crippen molar-refractivity contribution in [2.24, 2.45) is 0 Å². The Hall–Kier alpha value is -2.83. The van der Waals surface area contributed by atoms with Crippen molar-refractivity contribution in [1.29, 1.82) is 0 Å². The molecule has 39 heavy (non-hydrogen) atoms. The van der Waals surface area contributed by atoms with E-state index in [4.69, 9.17) is 16.1 Å². The molecule has 0 spiro atoms. The highest BCUT2D eigenvalue weighted by Gasteiger charge is 2.37. The first-order valence-electron chi connectivity index (χ1n) is 13.1. The monoisotopic (exact) mass is 580 g/mol. The molecule has 1 N–H and O–H groups in total. The second-order valence-corrected chi connectivity index (χ2v) is 12.1. The van der Waals surface area contributed by atoms with Crippen molar-refractivity contribution in [3.8, 4) is 10.6 Å². The Bertz CT molecular complexity index is 1320. The number of amides is 2. The number of nitrogens with one attached hydrogen (secondary N) is 1. The smallest absolute Gasteiger partial charge is 0.272 e. The number of piperidine rings is 2. The molecule has 0 aliphatic carbocycles. The minimum atomic E-state index is -2.78. The summed E-state index contributed by atoms with van der Waals surface area (Å²) in [6, 6.07) is 7.20. The molecule has 0 atom stereocenters. The zero-order valence-electron chi connectivity index (χ0n) is 21.8. The fourth-order valence-corrected chi connectivity index (χ4v) is 5.93. The maximum absolute atomic E-state index is 13.7. The molecule has 5 heterocycles. The largest absolute Gasteiger partial charge is 0.355 e. The molecule has 9 nitrogen and oxygen atoms in total. The van der Waals surface area contributed by atoms with Crippen molar-refractivity contribution >= 4 is 34.8 Å². The van der Waals surface area contributed by atoms with E-state index in [2.05, 4.69) is 34.3 Å². The number of halogens is 3. The number of rotatable bonds is 7. The van der Waals surface area contributed by atoms with Crippen LogP contribution in [0.25, 0.3) is 10.6 Å². The average Bonchev–Trinajstić information content (AvgIpc) is 3.64. The molecule has 0 bridgehead atoms. The van der Waals surface area contributed by atoms with Gasteiger partial charge in [-0.15, -0.1) is 11.3 Å². The molecule has 2 saturated heterocycles. The third kappa shape index (κ3) is 6.50. The lowest BCUT2D eigenvalue weighted by atomic mass is 10.0. The van der Waals surface area contributed by atoms with Gasteiger partial charge in [-0.3, -0.25) is 14.3 Å². The lowest BCUT2D eigenvalue weighted by Gasteiger charge is -2.34. The molecule has 5 rings (SSSR count). The van der Waals surface area contributed by atoms with E-state index in [1.54, 1.807) is 12.1 Å². The van der Waals surface area contributed by atoms with Crippen LogP contribution < -0.4 is 5.32 Å². The van der Waals surface area contributed by atoms with E-state index in [1.807, 2.05) is 6.07 Å². The van der Waals surface area contributed by atoms with Crippen molar-refractivity contribution in [2.75, 3.05) is 26.2 Å². The normalized spacial score (nSPS) is 18.6. The molecule has 0 aromatic carbocycles. The molecule has 3 aromatic rings. The van der Waals surface area contributed by atoms with Gasteiger partial charge in [-0.25, -0.2) is 8.78 Å². The number of likely N-dealkylation sites (tertiary alicyclic amines) is 2. The van der Waals surface area contributed by atoms with E-state index >= 15 is 0 Å². The fourth-order valence-electron chi connectivity index (χ4n) is 4.94. The van der Waals surface area contributed by atoms with Gasteiger partial charge < -0.3 is 19.6 Å². The van der Waals surface area contributed by atoms with Gasteiger partial charge in [0.15, 0.2) is 11.5 Å². The summed E-state index contributed by atoms with van der Waals surface area (Å²) in [5.41, 5.74) is 0.731. The first kappa shape index (κ1) is 27.7. The van der Waals surface area contributed by atoms with Gasteiger partial charge in [-0.1, -0.05) is 16.8 Å². The molecule has 210 valence electrons. The van der Waals surface area contributed by atoms with Crippen LogP contribution in [0.4, 0.5) is 8.78 Å². The quantitative estimate of drug-likeness (QED) is 0.432. The lowest BCUT2D eigenvalue weighted by molar-refractivity contribution is -0.0495. The number of hydrogen-bond acceptors (Lipinski definition) is 7. The highest BCUT2D eigenvalue weighted by molar-refractivity contribution is 7.19. The van der Waals surface area contributed by atoms with Gasteiger partial charge in [0, 0.05) is 63.2 Å². The molecular weight excluding hydrogens is 550 g/mol. The molecule has 0 saturated carbocycles. The zero-order valence-corrected chi connectivity index (χ0v) is 23.4. The Morgan fingerprint density at radius 3 is 2.54 bits per heavy atom. The van der Waals surface area contributed by atoms with Crippen LogP contribution in [-0.2, 0) is 6.54 Å². The third-order valence-electron chi connectivity index (χ3n) is 7.30. The standard InChI is InChI=1S/C26H31ClF2N6O3S/c1-16(2)33-9-5-17(6-10-33)30-24(36)19-14-20(25(37)34-11-7-26(28,29)8-12-34)35(31-19)15-18-13-21(38-32-18)22-3-4-23(27)39-22/h3-4,13-14,16-17H,5-12,15H2,1-2H3,(H,30,36). The molecular formula is C26H31ClF2N6O3S. The number of carbonyl (C=O) groups is 2. The summed E-state index contributed by atoms with van der Waals surface area (Å²) in [5, 5.41) is 11.6. The number of thiophene rings is 1. The molecule has 2 fully saturated rings. The van der Waals surface area contributed by atoms with Gasteiger partial charge in [0.05, 0.1) is 15.8 Å². The predicted octanol–water partition coefficient (Wildman–Crippen LogP) is 4.78. The topological polar surface area (TPSA) is 96.5 Å². The second kappa shape index (κ2) is 11.3. The highest BCUT2D eigenvalue weighted by atomic mass is 35.5. The number of alkyl halides is 2. The summed E-state index contributed by atoms with van der Waals surface area (Å²) in [6.45, 7) is 6.02. The van der Waals surface area contributed by atoms with Crippen LogP contribution in [0.1, 0.15) is 66.2 Å². The fraction of sp³-hybridized carbons (Fsp3) is 0.538. The van der Waals surface area contributed by atoms with E-state index in [1.165, 1.54) is 27.0 Å². The van der Waals surface area contributed by atoms with Crippen molar-refractivity contribution in [1.82, 2.24) is 30.1 Å². The number of nitrogens with zero attached hydrogens (tertiary/aromatic N) is 5. The van der Waals surface area contributed by atoms with E-state index in [-0.39, 0.29) is 43.0 Å². The highest BCUT2D eigenvalue weighted by Crippen LogP contribution is 2.32. The maximum Gasteiger partial charge on any atom is 0.272 e. The van der Waals surface area contributed by atoms with Gasteiger partial charge in [-0.2, -0.15) is 5.10 Å². The zero-order chi connectivity index (χ0) is 27.7. The molecule has 2 aliphatic heterocycles. The SMILES string of the molecule is CC(C)N1CCC(NC(=O)c2cc(C(=O)N3CCC(F)(F)CC3)n(Cc3cc(-c4ccc(Cl)s4)on3)n2)CC1. The Labute approximate surface area is 234 Å². The van der Waals surface area contributed by atoms with Gasteiger partial charge in [0.25, 0.3) is 17.7 Å². The van der Waals surface area contributed by atoms with Crippen LogP contribution in [0.5, 0.6) is 0 Å². The summed E-state index contributed by atoms with van der Waals surface area (Å²) >= 11 is 7.37. The van der Waals surface area contributed by atoms with Gasteiger partial charge >= 0.3 is 0 Å². The van der Waals surface area contributed by atoms with Gasteiger partial charge in [0.1, 0.15) is 11.4 Å². The van der Waals surface area contributed by atoms with Crippen LogP contribution in [-0.4, -0.2) is 80.7 Å². The van der Waals surface area contributed by atoms with Gasteiger partial charge in [0.2, 0.25) is 0 Å². The molecule has 3 aromatic heterocycles. The van der Waals surface area contributed by atoms with Crippen molar-refractivity contribution in [2.45, 2.75) is 64.1 Å². The van der Waals surface area contributed by atoms with Crippen molar-refractivity contribution in [3.05, 3.63) is 45.7 Å². The Morgan fingerprint density at radius 1 is 1.18 bits per heavy atom.